The third-order valence-corrected chi connectivity index (χ3v) is 3.07. The van der Waals surface area contributed by atoms with Crippen molar-refractivity contribution in [3.8, 4) is 0 Å². The molecule has 0 aromatic carbocycles. The van der Waals surface area contributed by atoms with Crippen molar-refractivity contribution < 1.29 is 18.0 Å². The Labute approximate surface area is 95.6 Å². The highest BCUT2D eigenvalue weighted by atomic mass is 19.4. The molecule has 2 N–H and O–H groups in total. The predicted octanol–water partition coefficient (Wildman–Crippen LogP) is 2.48. The largest absolute Gasteiger partial charge is 0.433 e. The van der Waals surface area contributed by atoms with Crippen molar-refractivity contribution in [2.45, 2.75) is 32.9 Å². The fourth-order valence-electron chi connectivity index (χ4n) is 1.47. The number of nitrogens with one attached hydrogen (secondary N) is 2. The quantitative estimate of drug-likeness (QED) is 0.843. The van der Waals surface area contributed by atoms with Gasteiger partial charge in [-0.05, 0) is 19.8 Å². The highest BCUT2D eigenvalue weighted by molar-refractivity contribution is 5.96. The van der Waals surface area contributed by atoms with Crippen molar-refractivity contribution in [2.75, 3.05) is 5.32 Å². The van der Waals surface area contributed by atoms with E-state index in [1.807, 2.05) is 5.10 Å². The molecule has 7 heteroatoms. The van der Waals surface area contributed by atoms with Crippen molar-refractivity contribution in [3.63, 3.8) is 0 Å². The number of rotatable bonds is 2. The van der Waals surface area contributed by atoms with Crippen LogP contribution in [-0.4, -0.2) is 16.1 Å². The Hall–Kier alpha value is -1.53. The molecule has 4 nitrogen and oxygen atoms in total. The van der Waals surface area contributed by atoms with Gasteiger partial charge in [-0.25, -0.2) is 0 Å². The minimum atomic E-state index is -4.48. The number of H-pyrrole nitrogens is 1. The molecule has 0 unspecified atom stereocenters. The summed E-state index contributed by atoms with van der Waals surface area (Å²) in [6.45, 7) is 3.05. The molecule has 17 heavy (non-hydrogen) atoms. The summed E-state index contributed by atoms with van der Waals surface area (Å²) in [5.41, 5.74) is -1.45. The monoisotopic (exact) mass is 247 g/mol. The summed E-state index contributed by atoms with van der Waals surface area (Å²) in [5.74, 6) is -0.323. The van der Waals surface area contributed by atoms with Gasteiger partial charge in [0.15, 0.2) is 5.82 Å². The van der Waals surface area contributed by atoms with Gasteiger partial charge in [0.25, 0.3) is 0 Å². The van der Waals surface area contributed by atoms with E-state index in [0.717, 1.165) is 12.8 Å². The molecule has 0 atom stereocenters. The SMILES string of the molecule is Cc1c(NC(=O)C2(C)CC2)n[nH]c1C(F)(F)F. The number of carbonyl (C=O) groups excluding carboxylic acids is 1. The van der Waals surface area contributed by atoms with Crippen LogP contribution in [0, 0.1) is 12.3 Å². The number of aromatic amines is 1. The van der Waals surface area contributed by atoms with Crippen molar-refractivity contribution in [1.29, 1.82) is 0 Å². The van der Waals surface area contributed by atoms with E-state index in [4.69, 9.17) is 0 Å². The van der Waals surface area contributed by atoms with Crippen LogP contribution in [0.2, 0.25) is 0 Å². The smallest absolute Gasteiger partial charge is 0.309 e. The second-order valence-electron chi connectivity index (χ2n) is 4.58. The molecule has 1 saturated carbocycles. The third kappa shape index (κ3) is 2.13. The van der Waals surface area contributed by atoms with Crippen LogP contribution in [0.1, 0.15) is 31.0 Å². The van der Waals surface area contributed by atoms with Gasteiger partial charge < -0.3 is 5.32 Å². The Morgan fingerprint density at radius 1 is 1.47 bits per heavy atom. The van der Waals surface area contributed by atoms with Crippen molar-refractivity contribution in [2.24, 2.45) is 5.41 Å². The maximum absolute atomic E-state index is 12.5. The summed E-state index contributed by atoms with van der Waals surface area (Å²) in [4.78, 5) is 11.7. The Balaban J connectivity index is 2.18. The van der Waals surface area contributed by atoms with Crippen LogP contribution in [-0.2, 0) is 11.0 Å². The van der Waals surface area contributed by atoms with Crippen LogP contribution in [0.4, 0.5) is 19.0 Å². The van der Waals surface area contributed by atoms with E-state index in [2.05, 4.69) is 10.4 Å². The number of halogens is 3. The van der Waals surface area contributed by atoms with Crippen molar-refractivity contribution >= 4 is 11.7 Å². The molecule has 0 saturated heterocycles. The van der Waals surface area contributed by atoms with E-state index in [1.54, 1.807) is 6.92 Å². The molecule has 0 spiro atoms. The first-order valence-electron chi connectivity index (χ1n) is 5.18. The topological polar surface area (TPSA) is 57.8 Å². The van der Waals surface area contributed by atoms with Crippen LogP contribution in [0.25, 0.3) is 0 Å². The van der Waals surface area contributed by atoms with Crippen LogP contribution in [0.3, 0.4) is 0 Å². The lowest BCUT2D eigenvalue weighted by molar-refractivity contribution is -0.141. The molecule has 1 aromatic rings. The number of aromatic nitrogens is 2. The van der Waals surface area contributed by atoms with E-state index in [1.165, 1.54) is 6.92 Å². The molecule has 2 rings (SSSR count). The van der Waals surface area contributed by atoms with Crippen LogP contribution in [0.5, 0.6) is 0 Å². The summed E-state index contributed by atoms with van der Waals surface area (Å²) >= 11 is 0. The second-order valence-corrected chi connectivity index (χ2v) is 4.58. The zero-order chi connectivity index (χ0) is 12.8. The van der Waals surface area contributed by atoms with Crippen LogP contribution in [0.15, 0.2) is 0 Å². The summed E-state index contributed by atoms with van der Waals surface area (Å²) in [5, 5.41) is 7.81. The van der Waals surface area contributed by atoms with E-state index in [9.17, 15) is 18.0 Å². The van der Waals surface area contributed by atoms with Gasteiger partial charge in [-0.15, -0.1) is 0 Å². The van der Waals surface area contributed by atoms with E-state index in [0.29, 0.717) is 0 Å². The number of nitrogens with zero attached hydrogens (tertiary/aromatic N) is 1. The summed E-state index contributed by atoms with van der Waals surface area (Å²) in [6.07, 6.45) is -2.97. The number of carbonyl (C=O) groups is 1. The summed E-state index contributed by atoms with van der Waals surface area (Å²) in [7, 11) is 0. The first-order valence-corrected chi connectivity index (χ1v) is 5.18. The fraction of sp³-hybridized carbons (Fsp3) is 0.600. The molecule has 1 fully saturated rings. The van der Waals surface area contributed by atoms with Gasteiger partial charge >= 0.3 is 6.18 Å². The minimum absolute atomic E-state index is 0.0459. The Morgan fingerprint density at radius 2 is 2.06 bits per heavy atom. The highest BCUT2D eigenvalue weighted by Gasteiger charge is 2.45. The van der Waals surface area contributed by atoms with E-state index < -0.39 is 17.3 Å². The molecule has 1 amide bonds. The van der Waals surface area contributed by atoms with Gasteiger partial charge in [-0.1, -0.05) is 6.92 Å². The Morgan fingerprint density at radius 3 is 2.47 bits per heavy atom. The van der Waals surface area contributed by atoms with Crippen LogP contribution >= 0.6 is 0 Å². The highest BCUT2D eigenvalue weighted by Crippen LogP contribution is 2.46. The maximum Gasteiger partial charge on any atom is 0.433 e. The number of anilines is 1. The van der Waals surface area contributed by atoms with Gasteiger partial charge in [-0.3, -0.25) is 9.89 Å². The molecule has 1 aliphatic carbocycles. The van der Waals surface area contributed by atoms with Gasteiger partial charge in [0, 0.05) is 11.0 Å². The molecular weight excluding hydrogens is 235 g/mol. The fourth-order valence-corrected chi connectivity index (χ4v) is 1.47. The Kier molecular flexibility index (Phi) is 2.44. The lowest BCUT2D eigenvalue weighted by atomic mass is 10.1. The minimum Gasteiger partial charge on any atom is -0.309 e. The molecule has 1 aliphatic rings. The normalized spacial score (nSPS) is 17.9. The van der Waals surface area contributed by atoms with Gasteiger partial charge in [0.05, 0.1) is 0 Å². The first kappa shape index (κ1) is 11.9. The lowest BCUT2D eigenvalue weighted by Crippen LogP contribution is -2.22. The van der Waals surface area contributed by atoms with Crippen molar-refractivity contribution in [1.82, 2.24) is 10.2 Å². The standard InChI is InChI=1S/C10H12F3N3O/c1-5-6(10(11,12)13)15-16-7(5)14-8(17)9(2)3-4-9/h3-4H2,1-2H3,(H2,14,15,16,17). The predicted molar refractivity (Wildman–Crippen MR) is 54.3 cm³/mol. The number of alkyl halides is 3. The zero-order valence-corrected chi connectivity index (χ0v) is 9.40. The van der Waals surface area contributed by atoms with Gasteiger partial charge in [-0.2, -0.15) is 18.3 Å². The molecule has 0 radical (unpaired) electrons. The third-order valence-electron chi connectivity index (χ3n) is 3.07. The van der Waals surface area contributed by atoms with E-state index >= 15 is 0 Å². The maximum atomic E-state index is 12.5. The molecule has 1 heterocycles. The summed E-state index contributed by atoms with van der Waals surface area (Å²) < 4.78 is 37.4. The number of hydrogen-bond acceptors (Lipinski definition) is 2. The average Bonchev–Trinajstić information content (AvgIpc) is 2.84. The Bertz CT molecular complexity index is 460. The second kappa shape index (κ2) is 3.48. The summed E-state index contributed by atoms with van der Waals surface area (Å²) in [6, 6.07) is 0. The molecule has 1 aromatic heterocycles. The molecule has 94 valence electrons. The van der Waals surface area contributed by atoms with Gasteiger partial charge in [0.2, 0.25) is 5.91 Å². The number of amides is 1. The average molecular weight is 247 g/mol. The molecular formula is C10H12F3N3O. The lowest BCUT2D eigenvalue weighted by Gasteiger charge is -2.08. The number of hydrogen-bond donors (Lipinski definition) is 2. The van der Waals surface area contributed by atoms with Gasteiger partial charge in [0.1, 0.15) is 5.69 Å². The molecule has 0 bridgehead atoms. The van der Waals surface area contributed by atoms with Crippen LogP contribution < -0.4 is 5.32 Å². The zero-order valence-electron chi connectivity index (χ0n) is 9.40. The van der Waals surface area contributed by atoms with E-state index in [-0.39, 0.29) is 17.3 Å². The first-order chi connectivity index (χ1) is 7.74. The van der Waals surface area contributed by atoms with Crippen molar-refractivity contribution in [3.05, 3.63) is 11.3 Å². The molecule has 0 aliphatic heterocycles.